The molecule has 122 valence electrons. The average molecular weight is 357 g/mol. The fourth-order valence-electron chi connectivity index (χ4n) is 2.29. The Labute approximate surface area is 147 Å². The molecule has 5 nitrogen and oxygen atoms in total. The molecule has 4 rings (SSSR count). The topological polar surface area (TPSA) is 55.7 Å². The van der Waals surface area contributed by atoms with Gasteiger partial charge >= 0.3 is 0 Å². The second-order valence-corrected chi connectivity index (χ2v) is 7.14. The van der Waals surface area contributed by atoms with Gasteiger partial charge < -0.3 is 9.47 Å². The van der Waals surface area contributed by atoms with Gasteiger partial charge in [-0.05, 0) is 35.2 Å². The molecule has 1 aromatic carbocycles. The van der Waals surface area contributed by atoms with E-state index < -0.39 is 0 Å². The number of nitrogens with zero attached hydrogens (tertiary/aromatic N) is 2. The normalized spacial score (nSPS) is 13.8. The number of nitrogens with one attached hydrogen (secondary N) is 1. The van der Waals surface area contributed by atoms with E-state index >= 15 is 0 Å². The molecule has 0 saturated heterocycles. The van der Waals surface area contributed by atoms with E-state index in [0.717, 1.165) is 38.4 Å². The van der Waals surface area contributed by atoms with Crippen LogP contribution in [0, 0.1) is 0 Å². The molecule has 0 aliphatic carbocycles. The van der Waals surface area contributed by atoms with E-state index in [1.807, 2.05) is 41.9 Å². The van der Waals surface area contributed by atoms with Gasteiger partial charge in [0.05, 0.1) is 24.3 Å². The first kappa shape index (κ1) is 15.2. The molecule has 0 radical (unpaired) electrons. The highest BCUT2D eigenvalue weighted by atomic mass is 32.1. The maximum Gasteiger partial charge on any atom is 0.203 e. The fraction of sp³-hybridized carbons (Fsp3) is 0.176. The SMILES string of the molecule is C(=N\Nc1ncc(-c2ccc3c(c2)OCCCO3)s1)/c1cccs1. The summed E-state index contributed by atoms with van der Waals surface area (Å²) in [7, 11) is 0. The Kier molecular flexibility index (Phi) is 4.44. The summed E-state index contributed by atoms with van der Waals surface area (Å²) in [6.45, 7) is 1.38. The fourth-order valence-corrected chi connectivity index (χ4v) is 3.64. The molecule has 1 N–H and O–H groups in total. The molecule has 0 saturated carbocycles. The van der Waals surface area contributed by atoms with Crippen LogP contribution in [0.3, 0.4) is 0 Å². The molecule has 0 spiro atoms. The minimum atomic E-state index is 0.684. The first-order valence-corrected chi connectivity index (χ1v) is 9.26. The Morgan fingerprint density at radius 3 is 2.96 bits per heavy atom. The van der Waals surface area contributed by atoms with Gasteiger partial charge in [0.25, 0.3) is 0 Å². The molecule has 2 aromatic heterocycles. The van der Waals surface area contributed by atoms with Crippen LogP contribution in [0.4, 0.5) is 5.13 Å². The van der Waals surface area contributed by atoms with Crippen molar-refractivity contribution in [2.24, 2.45) is 5.10 Å². The Hall–Kier alpha value is -2.38. The number of rotatable bonds is 4. The number of benzene rings is 1. The van der Waals surface area contributed by atoms with Gasteiger partial charge in [0.15, 0.2) is 11.5 Å². The Morgan fingerprint density at radius 1 is 1.17 bits per heavy atom. The van der Waals surface area contributed by atoms with Gasteiger partial charge in [-0.3, -0.25) is 5.43 Å². The molecule has 0 amide bonds. The number of hydrogen-bond donors (Lipinski definition) is 1. The second-order valence-electron chi connectivity index (χ2n) is 5.13. The first-order chi connectivity index (χ1) is 11.9. The van der Waals surface area contributed by atoms with Gasteiger partial charge in [0.1, 0.15) is 0 Å². The van der Waals surface area contributed by atoms with E-state index in [1.54, 1.807) is 28.9 Å². The highest BCUT2D eigenvalue weighted by Crippen LogP contribution is 2.36. The Bertz CT molecular complexity index is 843. The van der Waals surface area contributed by atoms with E-state index in [-0.39, 0.29) is 0 Å². The number of thiophene rings is 1. The third-order valence-corrected chi connectivity index (χ3v) is 5.19. The maximum atomic E-state index is 5.74. The minimum absolute atomic E-state index is 0.684. The van der Waals surface area contributed by atoms with Crippen molar-refractivity contribution in [2.45, 2.75) is 6.42 Å². The molecular formula is C17H15N3O2S2. The molecule has 3 aromatic rings. The lowest BCUT2D eigenvalue weighted by Crippen LogP contribution is -1.97. The standard InChI is InChI=1S/C17H15N3O2S2/c1-3-13(23-8-1)10-19-20-17-18-11-16(24-17)12-4-5-14-15(9-12)22-7-2-6-21-14/h1,3-5,8-11H,2,6-7H2,(H,18,20)/b19-10+. The molecule has 0 unspecified atom stereocenters. The average Bonchev–Trinajstić information content (AvgIpc) is 3.23. The maximum absolute atomic E-state index is 5.74. The number of fused-ring (bicyclic) bond motifs is 1. The van der Waals surface area contributed by atoms with Crippen molar-refractivity contribution >= 4 is 34.0 Å². The zero-order chi connectivity index (χ0) is 16.2. The molecule has 1 aliphatic heterocycles. The van der Waals surface area contributed by atoms with E-state index in [2.05, 4.69) is 15.5 Å². The lowest BCUT2D eigenvalue weighted by Gasteiger charge is -2.08. The number of anilines is 1. The van der Waals surface area contributed by atoms with Crippen LogP contribution in [0.15, 0.2) is 47.0 Å². The van der Waals surface area contributed by atoms with E-state index in [0.29, 0.717) is 13.2 Å². The summed E-state index contributed by atoms with van der Waals surface area (Å²) in [6, 6.07) is 10.0. The predicted molar refractivity (Wildman–Crippen MR) is 98.7 cm³/mol. The summed E-state index contributed by atoms with van der Waals surface area (Å²) >= 11 is 3.19. The zero-order valence-corrected chi connectivity index (χ0v) is 14.4. The van der Waals surface area contributed by atoms with E-state index in [1.165, 1.54) is 0 Å². The monoisotopic (exact) mass is 357 g/mol. The summed E-state index contributed by atoms with van der Waals surface area (Å²) in [4.78, 5) is 6.52. The highest BCUT2D eigenvalue weighted by Gasteiger charge is 2.12. The Balaban J connectivity index is 1.49. The quantitative estimate of drug-likeness (QED) is 0.552. The molecule has 0 bridgehead atoms. The van der Waals surface area contributed by atoms with Gasteiger partial charge in [0, 0.05) is 17.5 Å². The molecule has 24 heavy (non-hydrogen) atoms. The summed E-state index contributed by atoms with van der Waals surface area (Å²) in [5.74, 6) is 1.60. The first-order valence-electron chi connectivity index (χ1n) is 7.57. The van der Waals surface area contributed by atoms with Crippen molar-refractivity contribution in [1.29, 1.82) is 0 Å². The summed E-state index contributed by atoms with van der Waals surface area (Å²) in [5.41, 5.74) is 4.04. The van der Waals surface area contributed by atoms with Crippen molar-refractivity contribution in [1.82, 2.24) is 4.98 Å². The second kappa shape index (κ2) is 7.02. The van der Waals surface area contributed by atoms with Crippen LogP contribution in [0.1, 0.15) is 11.3 Å². The van der Waals surface area contributed by atoms with Crippen LogP contribution < -0.4 is 14.9 Å². The van der Waals surface area contributed by atoms with Crippen LogP contribution >= 0.6 is 22.7 Å². The molecule has 3 heterocycles. The van der Waals surface area contributed by atoms with Crippen LogP contribution in [0.2, 0.25) is 0 Å². The van der Waals surface area contributed by atoms with E-state index in [4.69, 9.17) is 9.47 Å². The summed E-state index contributed by atoms with van der Waals surface area (Å²) in [5, 5.41) is 6.99. The van der Waals surface area contributed by atoms with Crippen molar-refractivity contribution in [3.63, 3.8) is 0 Å². The van der Waals surface area contributed by atoms with Crippen LogP contribution in [-0.4, -0.2) is 24.4 Å². The lowest BCUT2D eigenvalue weighted by molar-refractivity contribution is 0.297. The van der Waals surface area contributed by atoms with Crippen LogP contribution in [0.5, 0.6) is 11.5 Å². The lowest BCUT2D eigenvalue weighted by atomic mass is 10.2. The summed E-state index contributed by atoms with van der Waals surface area (Å²) < 4.78 is 11.4. The predicted octanol–water partition coefficient (Wildman–Crippen LogP) is 4.48. The van der Waals surface area contributed by atoms with Gasteiger partial charge in [0.2, 0.25) is 5.13 Å². The van der Waals surface area contributed by atoms with Crippen molar-refractivity contribution < 1.29 is 9.47 Å². The van der Waals surface area contributed by atoms with Crippen LogP contribution in [0.25, 0.3) is 10.4 Å². The third-order valence-electron chi connectivity index (χ3n) is 3.43. The van der Waals surface area contributed by atoms with Crippen molar-refractivity contribution in [3.05, 3.63) is 46.8 Å². The number of aromatic nitrogens is 1. The van der Waals surface area contributed by atoms with Gasteiger partial charge in [-0.25, -0.2) is 4.98 Å². The zero-order valence-electron chi connectivity index (χ0n) is 12.8. The smallest absolute Gasteiger partial charge is 0.203 e. The molecule has 7 heteroatoms. The highest BCUT2D eigenvalue weighted by molar-refractivity contribution is 7.18. The minimum Gasteiger partial charge on any atom is -0.490 e. The molecule has 1 aliphatic rings. The number of thiazole rings is 1. The number of hydrogen-bond acceptors (Lipinski definition) is 7. The Morgan fingerprint density at radius 2 is 2.08 bits per heavy atom. The number of ether oxygens (including phenoxy) is 2. The largest absolute Gasteiger partial charge is 0.490 e. The van der Waals surface area contributed by atoms with Gasteiger partial charge in [-0.1, -0.05) is 17.4 Å². The van der Waals surface area contributed by atoms with Crippen molar-refractivity contribution in [3.8, 4) is 21.9 Å². The van der Waals surface area contributed by atoms with Gasteiger partial charge in [-0.15, -0.1) is 11.3 Å². The van der Waals surface area contributed by atoms with Gasteiger partial charge in [-0.2, -0.15) is 5.10 Å². The van der Waals surface area contributed by atoms with Crippen LogP contribution in [-0.2, 0) is 0 Å². The molecule has 0 atom stereocenters. The molecule has 0 fully saturated rings. The molecular weight excluding hydrogens is 342 g/mol. The van der Waals surface area contributed by atoms with E-state index in [9.17, 15) is 0 Å². The summed E-state index contributed by atoms with van der Waals surface area (Å²) in [6.07, 6.45) is 4.53. The number of hydrazone groups is 1. The van der Waals surface area contributed by atoms with Crippen molar-refractivity contribution in [2.75, 3.05) is 18.6 Å². The third kappa shape index (κ3) is 3.42.